The van der Waals surface area contributed by atoms with Crippen LogP contribution in [0.2, 0.25) is 0 Å². The van der Waals surface area contributed by atoms with Crippen molar-refractivity contribution in [1.82, 2.24) is 0 Å². The number of aryl methyl sites for hydroxylation is 1. The molecule has 4 rings (SSSR count). The quantitative estimate of drug-likeness (QED) is 0.720. The van der Waals surface area contributed by atoms with Crippen molar-refractivity contribution >= 4 is 5.90 Å². The second-order valence-corrected chi connectivity index (χ2v) is 7.20. The first kappa shape index (κ1) is 14.3. The minimum Gasteiger partial charge on any atom is -0.448 e. The number of ether oxygens (including phenoxy) is 2. The van der Waals surface area contributed by atoms with Gasteiger partial charge in [0.25, 0.3) is 5.79 Å². The molecule has 3 heteroatoms. The third-order valence-corrected chi connectivity index (χ3v) is 4.24. The Morgan fingerprint density at radius 1 is 0.957 bits per heavy atom. The summed E-state index contributed by atoms with van der Waals surface area (Å²) in [6.07, 6.45) is 1.73. The van der Waals surface area contributed by atoms with Crippen LogP contribution in [0.4, 0.5) is 0 Å². The molecule has 0 N–H and O–H groups in total. The predicted octanol–water partition coefficient (Wildman–Crippen LogP) is 4.44. The summed E-state index contributed by atoms with van der Waals surface area (Å²) in [5, 5.41) is 0. The number of hydrogen-bond acceptors (Lipinski definition) is 3. The Hall–Kier alpha value is -2.29. The van der Waals surface area contributed by atoms with E-state index in [2.05, 4.69) is 45.0 Å². The van der Waals surface area contributed by atoms with E-state index in [-0.39, 0.29) is 5.54 Å². The summed E-state index contributed by atoms with van der Waals surface area (Å²) < 4.78 is 12.7. The molecule has 1 unspecified atom stereocenters. The fraction of sp³-hybridized carbons (Fsp3) is 0.350. The van der Waals surface area contributed by atoms with Crippen molar-refractivity contribution in [3.8, 4) is 5.75 Å². The summed E-state index contributed by atoms with van der Waals surface area (Å²) in [5.74, 6) is 0.854. The second kappa shape index (κ2) is 4.85. The molecule has 2 aromatic rings. The number of fused-ring (bicyclic) bond motifs is 3. The molecule has 0 radical (unpaired) electrons. The molecular weight excluding hydrogens is 286 g/mol. The van der Waals surface area contributed by atoms with Crippen molar-refractivity contribution in [3.05, 3.63) is 65.2 Å². The lowest BCUT2D eigenvalue weighted by atomic mass is 9.93. The maximum atomic E-state index is 6.35. The molecule has 0 saturated heterocycles. The highest BCUT2D eigenvalue weighted by atomic mass is 16.7. The van der Waals surface area contributed by atoms with Crippen LogP contribution in [0.15, 0.2) is 53.5 Å². The number of rotatable bonds is 0. The predicted molar refractivity (Wildman–Crippen MR) is 90.9 cm³/mol. The Morgan fingerprint density at radius 3 is 2.52 bits per heavy atom. The lowest BCUT2D eigenvalue weighted by Crippen LogP contribution is -2.37. The van der Waals surface area contributed by atoms with Gasteiger partial charge in [-0.25, -0.2) is 4.99 Å². The van der Waals surface area contributed by atoms with Crippen molar-refractivity contribution in [2.24, 2.45) is 4.99 Å². The van der Waals surface area contributed by atoms with Crippen LogP contribution in [-0.2, 0) is 16.9 Å². The van der Waals surface area contributed by atoms with E-state index in [4.69, 9.17) is 14.5 Å². The van der Waals surface area contributed by atoms with Crippen LogP contribution in [0.25, 0.3) is 0 Å². The molecule has 2 aromatic carbocycles. The minimum atomic E-state index is -0.741. The van der Waals surface area contributed by atoms with Gasteiger partial charge in [-0.3, -0.25) is 0 Å². The fourth-order valence-electron chi connectivity index (χ4n) is 3.25. The molecule has 3 nitrogen and oxygen atoms in total. The largest absolute Gasteiger partial charge is 0.448 e. The topological polar surface area (TPSA) is 30.8 Å². The Morgan fingerprint density at radius 2 is 1.70 bits per heavy atom. The van der Waals surface area contributed by atoms with Crippen LogP contribution in [0.5, 0.6) is 5.75 Å². The second-order valence-electron chi connectivity index (χ2n) is 7.20. The highest BCUT2D eigenvalue weighted by Crippen LogP contribution is 2.46. The van der Waals surface area contributed by atoms with Gasteiger partial charge in [0.2, 0.25) is 5.90 Å². The van der Waals surface area contributed by atoms with E-state index >= 15 is 0 Å². The van der Waals surface area contributed by atoms with E-state index < -0.39 is 5.79 Å². The van der Waals surface area contributed by atoms with Gasteiger partial charge in [0.1, 0.15) is 5.75 Å². The first-order valence-corrected chi connectivity index (χ1v) is 8.13. The molecule has 0 aromatic heterocycles. The first-order chi connectivity index (χ1) is 11.0. The highest BCUT2D eigenvalue weighted by molar-refractivity contribution is 5.99. The van der Waals surface area contributed by atoms with Crippen LogP contribution in [0, 0.1) is 0 Å². The number of aliphatic imine (C=N–C) groups is 1. The van der Waals surface area contributed by atoms with Gasteiger partial charge in [-0.05, 0) is 44.9 Å². The molecule has 118 valence electrons. The van der Waals surface area contributed by atoms with Crippen LogP contribution in [0.1, 0.15) is 43.9 Å². The molecule has 0 amide bonds. The maximum Gasteiger partial charge on any atom is 0.280 e. The first-order valence-electron chi connectivity index (χ1n) is 8.13. The summed E-state index contributed by atoms with van der Waals surface area (Å²) in [7, 11) is 0. The zero-order valence-corrected chi connectivity index (χ0v) is 13.8. The van der Waals surface area contributed by atoms with Gasteiger partial charge in [-0.1, -0.05) is 36.4 Å². The van der Waals surface area contributed by atoms with Gasteiger partial charge in [0.05, 0.1) is 5.54 Å². The molecule has 0 bridgehead atoms. The number of para-hydroxylation sites is 1. The Labute approximate surface area is 137 Å². The summed E-state index contributed by atoms with van der Waals surface area (Å²) >= 11 is 0. The van der Waals surface area contributed by atoms with Gasteiger partial charge >= 0.3 is 0 Å². The monoisotopic (exact) mass is 307 g/mol. The molecule has 1 spiro atoms. The molecular formula is C20H21NO2. The molecule has 1 atom stereocenters. The molecule has 2 aliphatic heterocycles. The van der Waals surface area contributed by atoms with Crippen LogP contribution >= 0.6 is 0 Å². The number of hydrogen-bond donors (Lipinski definition) is 0. The molecule has 0 saturated carbocycles. The maximum absolute atomic E-state index is 6.35. The minimum absolute atomic E-state index is 0.194. The summed E-state index contributed by atoms with van der Waals surface area (Å²) in [6.45, 7) is 6.23. The van der Waals surface area contributed by atoms with E-state index in [0.29, 0.717) is 5.90 Å². The zero-order chi connectivity index (χ0) is 16.1. The number of benzene rings is 2. The van der Waals surface area contributed by atoms with E-state index in [1.807, 2.05) is 24.3 Å². The Balaban J connectivity index is 1.82. The Kier molecular flexibility index (Phi) is 3.02. The number of nitrogens with zero attached hydrogens (tertiary/aromatic N) is 1. The molecule has 0 aliphatic carbocycles. The average molecular weight is 307 g/mol. The summed E-state index contributed by atoms with van der Waals surface area (Å²) in [5.41, 5.74) is 3.17. The molecule has 23 heavy (non-hydrogen) atoms. The van der Waals surface area contributed by atoms with Crippen LogP contribution in [0.3, 0.4) is 0 Å². The average Bonchev–Trinajstić information content (AvgIpc) is 2.80. The van der Waals surface area contributed by atoms with E-state index in [1.165, 1.54) is 5.56 Å². The van der Waals surface area contributed by atoms with Gasteiger partial charge in [0, 0.05) is 17.5 Å². The van der Waals surface area contributed by atoms with E-state index in [0.717, 1.165) is 29.7 Å². The van der Waals surface area contributed by atoms with Crippen molar-refractivity contribution in [3.63, 3.8) is 0 Å². The van der Waals surface area contributed by atoms with Crippen LogP contribution in [-0.4, -0.2) is 11.4 Å². The standard InChI is InChI=1S/C20H21NO2/c1-19(2,3)21-18-15-9-5-6-10-16(15)20(23-18)13-12-14-8-4-7-11-17(14)22-20/h4-11H,12-13H2,1-3H3. The zero-order valence-electron chi connectivity index (χ0n) is 13.8. The third-order valence-electron chi connectivity index (χ3n) is 4.24. The Bertz CT molecular complexity index is 788. The smallest absolute Gasteiger partial charge is 0.280 e. The van der Waals surface area contributed by atoms with E-state index in [9.17, 15) is 0 Å². The lowest BCUT2D eigenvalue weighted by Gasteiger charge is -2.35. The summed E-state index contributed by atoms with van der Waals surface area (Å²) in [4.78, 5) is 4.77. The summed E-state index contributed by atoms with van der Waals surface area (Å²) in [6, 6.07) is 16.4. The van der Waals surface area contributed by atoms with Gasteiger partial charge in [0.15, 0.2) is 0 Å². The molecule has 0 fully saturated rings. The SMILES string of the molecule is CC(C)(C)N=C1OC2(CCc3ccccc3O2)c2ccccc21. The van der Waals surface area contributed by atoms with E-state index in [1.54, 1.807) is 0 Å². The van der Waals surface area contributed by atoms with Gasteiger partial charge < -0.3 is 9.47 Å². The fourth-order valence-corrected chi connectivity index (χ4v) is 3.25. The van der Waals surface area contributed by atoms with Crippen molar-refractivity contribution in [1.29, 1.82) is 0 Å². The van der Waals surface area contributed by atoms with Crippen molar-refractivity contribution in [2.45, 2.75) is 44.9 Å². The normalized spacial score (nSPS) is 24.0. The van der Waals surface area contributed by atoms with Crippen molar-refractivity contribution in [2.75, 3.05) is 0 Å². The third kappa shape index (κ3) is 2.40. The van der Waals surface area contributed by atoms with Crippen LogP contribution < -0.4 is 4.74 Å². The lowest BCUT2D eigenvalue weighted by molar-refractivity contribution is -0.136. The van der Waals surface area contributed by atoms with Crippen molar-refractivity contribution < 1.29 is 9.47 Å². The van der Waals surface area contributed by atoms with Gasteiger partial charge in [-0.15, -0.1) is 0 Å². The molecule has 2 aliphatic rings. The molecule has 2 heterocycles. The highest BCUT2D eigenvalue weighted by Gasteiger charge is 2.48. The van der Waals surface area contributed by atoms with Gasteiger partial charge in [-0.2, -0.15) is 0 Å².